The maximum absolute atomic E-state index is 12.7. The fraction of sp³-hybridized carbons (Fsp3) is 0.350. The first-order valence-corrected chi connectivity index (χ1v) is 10.5. The van der Waals surface area contributed by atoms with Crippen LogP contribution in [0.1, 0.15) is 11.1 Å². The number of hydrogen-bond donors (Lipinski definition) is 0. The first-order valence-electron chi connectivity index (χ1n) is 9.06. The number of nitrogens with zero attached hydrogens (tertiary/aromatic N) is 2. The summed E-state index contributed by atoms with van der Waals surface area (Å²) in [7, 11) is -3.48. The molecule has 2 aromatic carbocycles. The van der Waals surface area contributed by atoms with Crippen molar-refractivity contribution in [1.82, 2.24) is 4.31 Å². The molecule has 1 fully saturated rings. The molecule has 27 heavy (non-hydrogen) atoms. The lowest BCUT2D eigenvalue weighted by atomic mass is 10.1. The van der Waals surface area contributed by atoms with Gasteiger partial charge in [-0.2, -0.15) is 4.31 Å². The smallest absolute Gasteiger partial charge is 0.243 e. The summed E-state index contributed by atoms with van der Waals surface area (Å²) in [6.07, 6.45) is 0.827. The molecule has 0 aliphatic carbocycles. The third kappa shape index (κ3) is 4.05. The second kappa shape index (κ2) is 7.80. The normalized spacial score (nSPS) is 20.9. The standard InChI is InChI=1S/C20H22N2O4S/c23-27(24,22-10-12-25-13-11-22)19-8-6-17(7-9-19)20-21-18(15-26-20)14-16-4-2-1-3-5-16/h1-9,18H,10-15H2/t18-/m1/s1. The number of hydrogen-bond acceptors (Lipinski definition) is 5. The average Bonchev–Trinajstić information content (AvgIpc) is 3.18. The third-order valence-corrected chi connectivity index (χ3v) is 6.65. The number of benzene rings is 2. The van der Waals surface area contributed by atoms with Crippen molar-refractivity contribution in [2.75, 3.05) is 32.9 Å². The number of aliphatic imine (C=N–C) groups is 1. The van der Waals surface area contributed by atoms with Gasteiger partial charge in [-0.1, -0.05) is 30.3 Å². The molecule has 0 amide bonds. The average molecular weight is 386 g/mol. The van der Waals surface area contributed by atoms with Gasteiger partial charge in [-0.25, -0.2) is 13.4 Å². The summed E-state index contributed by atoms with van der Waals surface area (Å²) >= 11 is 0. The highest BCUT2D eigenvalue weighted by Crippen LogP contribution is 2.20. The molecule has 0 aromatic heterocycles. The Kier molecular flexibility index (Phi) is 5.24. The van der Waals surface area contributed by atoms with Crippen LogP contribution >= 0.6 is 0 Å². The van der Waals surface area contributed by atoms with Crippen LogP contribution in [0, 0.1) is 0 Å². The van der Waals surface area contributed by atoms with Gasteiger partial charge in [0.15, 0.2) is 0 Å². The molecule has 0 bridgehead atoms. The fourth-order valence-corrected chi connectivity index (χ4v) is 4.68. The summed E-state index contributed by atoms with van der Waals surface area (Å²) in [6, 6.07) is 17.0. The summed E-state index contributed by atoms with van der Waals surface area (Å²) in [5.41, 5.74) is 2.02. The topological polar surface area (TPSA) is 68.2 Å². The number of ether oxygens (including phenoxy) is 2. The van der Waals surface area contributed by atoms with Crippen molar-refractivity contribution < 1.29 is 17.9 Å². The minimum atomic E-state index is -3.48. The van der Waals surface area contributed by atoms with Crippen molar-refractivity contribution in [2.45, 2.75) is 17.4 Å². The molecule has 142 valence electrons. The molecule has 2 heterocycles. The van der Waals surface area contributed by atoms with Gasteiger partial charge in [0.25, 0.3) is 0 Å². The highest BCUT2D eigenvalue weighted by atomic mass is 32.2. The number of sulfonamides is 1. The lowest BCUT2D eigenvalue weighted by molar-refractivity contribution is 0.0730. The Hall–Kier alpha value is -2.22. The zero-order chi connectivity index (χ0) is 18.7. The molecule has 2 aromatic rings. The molecule has 1 saturated heterocycles. The molecule has 0 spiro atoms. The van der Waals surface area contributed by atoms with E-state index in [0.717, 1.165) is 12.0 Å². The molecular weight excluding hydrogens is 364 g/mol. The van der Waals surface area contributed by atoms with E-state index in [1.165, 1.54) is 9.87 Å². The molecule has 0 N–H and O–H groups in total. The summed E-state index contributed by atoms with van der Waals surface area (Å²) in [5.74, 6) is 0.575. The van der Waals surface area contributed by atoms with Crippen molar-refractivity contribution in [1.29, 1.82) is 0 Å². The van der Waals surface area contributed by atoms with Crippen LogP contribution in [0.15, 0.2) is 64.5 Å². The van der Waals surface area contributed by atoms with E-state index in [4.69, 9.17) is 9.47 Å². The van der Waals surface area contributed by atoms with E-state index in [-0.39, 0.29) is 10.9 Å². The monoisotopic (exact) mass is 386 g/mol. The van der Waals surface area contributed by atoms with E-state index >= 15 is 0 Å². The van der Waals surface area contributed by atoms with Crippen LogP contribution in [-0.2, 0) is 25.9 Å². The lowest BCUT2D eigenvalue weighted by Crippen LogP contribution is -2.40. The molecule has 0 unspecified atom stereocenters. The van der Waals surface area contributed by atoms with Crippen molar-refractivity contribution in [3.8, 4) is 0 Å². The predicted molar refractivity (Wildman–Crippen MR) is 102 cm³/mol. The predicted octanol–water partition coefficient (Wildman–Crippen LogP) is 2.10. The van der Waals surface area contributed by atoms with Crippen LogP contribution in [0.5, 0.6) is 0 Å². The van der Waals surface area contributed by atoms with Crippen molar-refractivity contribution in [2.24, 2.45) is 4.99 Å². The molecule has 6 nitrogen and oxygen atoms in total. The Bertz CT molecular complexity index is 905. The van der Waals surface area contributed by atoms with E-state index in [2.05, 4.69) is 17.1 Å². The van der Waals surface area contributed by atoms with E-state index in [9.17, 15) is 8.42 Å². The largest absolute Gasteiger partial charge is 0.475 e. The number of morpholine rings is 1. The Morgan fingerprint density at radius 2 is 1.70 bits per heavy atom. The van der Waals surface area contributed by atoms with Gasteiger partial charge in [0.1, 0.15) is 6.61 Å². The van der Waals surface area contributed by atoms with Crippen LogP contribution in [0.25, 0.3) is 0 Å². The molecule has 0 radical (unpaired) electrons. The van der Waals surface area contributed by atoms with Crippen molar-refractivity contribution >= 4 is 15.9 Å². The van der Waals surface area contributed by atoms with E-state index in [0.29, 0.717) is 38.8 Å². The summed E-state index contributed by atoms with van der Waals surface area (Å²) < 4.78 is 37.8. The van der Waals surface area contributed by atoms with Crippen LogP contribution in [0.4, 0.5) is 0 Å². The molecule has 4 rings (SSSR count). The van der Waals surface area contributed by atoms with Gasteiger partial charge in [-0.3, -0.25) is 0 Å². The highest BCUT2D eigenvalue weighted by Gasteiger charge is 2.27. The first kappa shape index (κ1) is 18.2. The SMILES string of the molecule is O=S(=O)(c1ccc(C2=N[C@H](Cc3ccccc3)CO2)cc1)N1CCOCC1. The van der Waals surface area contributed by atoms with Crippen molar-refractivity contribution in [3.63, 3.8) is 0 Å². The minimum absolute atomic E-state index is 0.0826. The van der Waals surface area contributed by atoms with Gasteiger partial charge in [-0.15, -0.1) is 0 Å². The van der Waals surface area contributed by atoms with E-state index in [1.807, 2.05) is 18.2 Å². The third-order valence-electron chi connectivity index (χ3n) is 4.74. The Morgan fingerprint density at radius 1 is 1.00 bits per heavy atom. The second-order valence-electron chi connectivity index (χ2n) is 6.63. The van der Waals surface area contributed by atoms with Crippen LogP contribution in [0.3, 0.4) is 0 Å². The second-order valence-corrected chi connectivity index (χ2v) is 8.57. The van der Waals surface area contributed by atoms with Gasteiger partial charge >= 0.3 is 0 Å². The molecule has 2 aliphatic heterocycles. The maximum Gasteiger partial charge on any atom is 0.243 e. The van der Waals surface area contributed by atoms with Crippen molar-refractivity contribution in [3.05, 3.63) is 65.7 Å². The van der Waals surface area contributed by atoms with Crippen LogP contribution in [0.2, 0.25) is 0 Å². The van der Waals surface area contributed by atoms with Gasteiger partial charge in [0.05, 0.1) is 24.2 Å². The Labute approximate surface area is 159 Å². The van der Waals surface area contributed by atoms with Gasteiger partial charge < -0.3 is 9.47 Å². The van der Waals surface area contributed by atoms with Gasteiger partial charge in [0, 0.05) is 18.7 Å². The van der Waals surface area contributed by atoms with E-state index < -0.39 is 10.0 Å². The van der Waals surface area contributed by atoms with Crippen LogP contribution < -0.4 is 0 Å². The zero-order valence-electron chi connectivity index (χ0n) is 15.0. The summed E-state index contributed by atoms with van der Waals surface area (Å²) in [5, 5.41) is 0. The number of rotatable bonds is 5. The highest BCUT2D eigenvalue weighted by molar-refractivity contribution is 7.89. The fourth-order valence-electron chi connectivity index (χ4n) is 3.27. The Balaban J connectivity index is 1.47. The summed E-state index contributed by atoms with van der Waals surface area (Å²) in [4.78, 5) is 4.94. The molecule has 7 heteroatoms. The quantitative estimate of drug-likeness (QED) is 0.789. The molecule has 1 atom stereocenters. The lowest BCUT2D eigenvalue weighted by Gasteiger charge is -2.26. The minimum Gasteiger partial charge on any atom is -0.475 e. The molecule has 2 aliphatic rings. The molecular formula is C20H22N2O4S. The van der Waals surface area contributed by atoms with Crippen LogP contribution in [-0.4, -0.2) is 57.6 Å². The van der Waals surface area contributed by atoms with Gasteiger partial charge in [0.2, 0.25) is 15.9 Å². The first-order chi connectivity index (χ1) is 13.1. The zero-order valence-corrected chi connectivity index (χ0v) is 15.8. The molecule has 0 saturated carbocycles. The van der Waals surface area contributed by atoms with E-state index in [1.54, 1.807) is 24.3 Å². The maximum atomic E-state index is 12.7. The van der Waals surface area contributed by atoms with Gasteiger partial charge in [-0.05, 0) is 36.2 Å². The summed E-state index contributed by atoms with van der Waals surface area (Å²) in [6.45, 7) is 2.19. The Morgan fingerprint density at radius 3 is 2.41 bits per heavy atom.